The number of carbonyl (C=O) groups is 1. The second-order valence-corrected chi connectivity index (χ2v) is 7.63. The molecule has 0 saturated carbocycles. The minimum atomic E-state index is -0.675. The third kappa shape index (κ3) is 4.31. The number of hydrogen-bond donors (Lipinski definition) is 2. The molecule has 4 rings (SSSR count). The van der Waals surface area contributed by atoms with E-state index in [-0.39, 0.29) is 6.61 Å². The van der Waals surface area contributed by atoms with Crippen molar-refractivity contribution in [3.63, 3.8) is 0 Å². The average Bonchev–Trinajstić information content (AvgIpc) is 3.25. The summed E-state index contributed by atoms with van der Waals surface area (Å²) in [6.45, 7) is 7.42. The van der Waals surface area contributed by atoms with Gasteiger partial charge >= 0.3 is 5.97 Å². The molecule has 2 atom stereocenters. The van der Waals surface area contributed by atoms with Crippen molar-refractivity contribution in [3.05, 3.63) is 48.0 Å². The van der Waals surface area contributed by atoms with Crippen LogP contribution in [-0.4, -0.2) is 44.3 Å². The smallest absolute Gasteiger partial charge is 0.323 e. The van der Waals surface area contributed by atoms with Crippen LogP contribution in [0.1, 0.15) is 25.1 Å². The number of nitrogens with two attached hydrogens (primary N) is 1. The van der Waals surface area contributed by atoms with E-state index in [4.69, 9.17) is 19.9 Å². The van der Waals surface area contributed by atoms with E-state index < -0.39 is 18.1 Å². The quantitative estimate of drug-likeness (QED) is 0.438. The minimum absolute atomic E-state index is 0.184. The number of aryl methyl sites for hydroxylation is 2. The van der Waals surface area contributed by atoms with Gasteiger partial charge in [0.2, 0.25) is 5.88 Å². The predicted octanol–water partition coefficient (Wildman–Crippen LogP) is 3.28. The molecule has 1 aromatic carbocycles. The number of esters is 1. The van der Waals surface area contributed by atoms with Crippen LogP contribution in [0.4, 0.5) is 0 Å². The lowest BCUT2D eigenvalue weighted by Gasteiger charge is -2.15. The summed E-state index contributed by atoms with van der Waals surface area (Å²) < 4.78 is 18.8. The zero-order chi connectivity index (χ0) is 22.1. The zero-order valence-corrected chi connectivity index (χ0v) is 17.9. The Labute approximate surface area is 179 Å². The number of H-pyrrole nitrogens is 1. The Morgan fingerprint density at radius 2 is 2.06 bits per heavy atom. The van der Waals surface area contributed by atoms with Gasteiger partial charge in [0.25, 0.3) is 0 Å². The standard InChI is InChI=1S/C22H25N5O4/c1-12-7-16-8-17(5-6-18(16)26-12)31-21-20-14(3)19(9-27(20)25-11-24-21)29-10-13(2)30-22(28)15(4)23/h5-9,11,13,15,26H,10,23H2,1-4H3/t13-,15+/m1/s1. The number of ether oxygens (including phenoxy) is 3. The lowest BCUT2D eigenvalue weighted by atomic mass is 10.2. The molecule has 0 aliphatic heterocycles. The van der Waals surface area contributed by atoms with Crippen molar-refractivity contribution < 1.29 is 19.0 Å². The Bertz CT molecular complexity index is 1240. The van der Waals surface area contributed by atoms with Gasteiger partial charge in [0, 0.05) is 22.2 Å². The summed E-state index contributed by atoms with van der Waals surface area (Å²) in [6.07, 6.45) is 2.73. The van der Waals surface area contributed by atoms with Crippen LogP contribution in [0.2, 0.25) is 0 Å². The SMILES string of the molecule is Cc1cc2cc(Oc3ncnn4cc(OC[C@@H](C)OC(=O)[C@H](C)N)c(C)c34)ccc2[nH]1. The third-order valence-corrected chi connectivity index (χ3v) is 4.85. The molecule has 0 spiro atoms. The van der Waals surface area contributed by atoms with Crippen molar-refractivity contribution in [1.82, 2.24) is 19.6 Å². The molecule has 0 radical (unpaired) electrons. The fraction of sp³-hybridized carbons (Fsp3) is 0.318. The van der Waals surface area contributed by atoms with Crippen LogP contribution in [0.25, 0.3) is 16.4 Å². The van der Waals surface area contributed by atoms with Gasteiger partial charge in [-0.2, -0.15) is 10.1 Å². The number of aromatic amines is 1. The largest absolute Gasteiger partial charge is 0.488 e. The molecule has 162 valence electrons. The van der Waals surface area contributed by atoms with Gasteiger partial charge in [-0.15, -0.1) is 0 Å². The van der Waals surface area contributed by atoms with Crippen molar-refractivity contribution in [2.45, 2.75) is 39.8 Å². The lowest BCUT2D eigenvalue weighted by molar-refractivity contribution is -0.150. The Balaban J connectivity index is 1.55. The van der Waals surface area contributed by atoms with E-state index in [9.17, 15) is 4.79 Å². The Hall–Kier alpha value is -3.59. The molecule has 4 aromatic rings. The molecule has 31 heavy (non-hydrogen) atoms. The molecule has 0 bridgehead atoms. The number of aromatic nitrogens is 4. The summed E-state index contributed by atoms with van der Waals surface area (Å²) in [5, 5.41) is 5.32. The topological polar surface area (TPSA) is 117 Å². The van der Waals surface area contributed by atoms with Crippen molar-refractivity contribution >= 4 is 22.4 Å². The van der Waals surface area contributed by atoms with Gasteiger partial charge in [0.1, 0.15) is 42.1 Å². The molecule has 3 heterocycles. The van der Waals surface area contributed by atoms with Crippen LogP contribution in [0.15, 0.2) is 36.8 Å². The first-order valence-electron chi connectivity index (χ1n) is 10.0. The highest BCUT2D eigenvalue weighted by molar-refractivity contribution is 5.82. The van der Waals surface area contributed by atoms with E-state index in [1.54, 1.807) is 24.6 Å². The molecule has 0 aliphatic carbocycles. The first-order valence-corrected chi connectivity index (χ1v) is 10.0. The fourth-order valence-electron chi connectivity index (χ4n) is 3.30. The summed E-state index contributed by atoms with van der Waals surface area (Å²) in [5.41, 5.74) is 9.18. The van der Waals surface area contributed by atoms with Crippen LogP contribution >= 0.6 is 0 Å². The van der Waals surface area contributed by atoms with Crippen LogP contribution in [0.3, 0.4) is 0 Å². The lowest BCUT2D eigenvalue weighted by Crippen LogP contribution is -2.33. The molecule has 3 N–H and O–H groups in total. The van der Waals surface area contributed by atoms with Crippen molar-refractivity contribution in [2.24, 2.45) is 5.73 Å². The number of carbonyl (C=O) groups excluding carboxylic acids is 1. The normalized spacial score (nSPS) is 13.3. The maximum atomic E-state index is 11.6. The first kappa shape index (κ1) is 20.7. The third-order valence-electron chi connectivity index (χ3n) is 4.85. The fourth-order valence-corrected chi connectivity index (χ4v) is 3.30. The van der Waals surface area contributed by atoms with E-state index in [1.165, 1.54) is 6.33 Å². The van der Waals surface area contributed by atoms with Crippen molar-refractivity contribution in [3.8, 4) is 17.4 Å². The first-order chi connectivity index (χ1) is 14.8. The Morgan fingerprint density at radius 1 is 1.26 bits per heavy atom. The maximum Gasteiger partial charge on any atom is 0.323 e. The Kier molecular flexibility index (Phi) is 5.51. The van der Waals surface area contributed by atoms with Crippen LogP contribution in [0.5, 0.6) is 17.4 Å². The molecule has 3 aromatic heterocycles. The molecule has 0 amide bonds. The predicted molar refractivity (Wildman–Crippen MR) is 116 cm³/mol. The van der Waals surface area contributed by atoms with Gasteiger partial charge in [-0.1, -0.05) is 0 Å². The van der Waals surface area contributed by atoms with Gasteiger partial charge in [-0.25, -0.2) is 4.52 Å². The number of hydrogen-bond acceptors (Lipinski definition) is 7. The van der Waals surface area contributed by atoms with Gasteiger partial charge in [0.15, 0.2) is 0 Å². The monoisotopic (exact) mass is 423 g/mol. The molecule has 9 heteroatoms. The van der Waals surface area contributed by atoms with E-state index in [2.05, 4.69) is 21.1 Å². The number of nitrogens with zero attached hydrogens (tertiary/aromatic N) is 3. The molecule has 0 aliphatic rings. The second kappa shape index (κ2) is 8.27. The maximum absolute atomic E-state index is 11.6. The van der Waals surface area contributed by atoms with Crippen molar-refractivity contribution in [1.29, 1.82) is 0 Å². The summed E-state index contributed by atoms with van der Waals surface area (Å²) >= 11 is 0. The second-order valence-electron chi connectivity index (χ2n) is 7.63. The van der Waals surface area contributed by atoms with Crippen molar-refractivity contribution in [2.75, 3.05) is 6.61 Å². The van der Waals surface area contributed by atoms with E-state index in [0.29, 0.717) is 22.9 Å². The summed E-state index contributed by atoms with van der Waals surface area (Å²) in [7, 11) is 0. The van der Waals surface area contributed by atoms with Crippen LogP contribution < -0.4 is 15.2 Å². The van der Waals surface area contributed by atoms with Crippen LogP contribution in [0, 0.1) is 13.8 Å². The highest BCUT2D eigenvalue weighted by Gasteiger charge is 2.18. The van der Waals surface area contributed by atoms with Gasteiger partial charge in [-0.3, -0.25) is 4.79 Å². The van der Waals surface area contributed by atoms with E-state index >= 15 is 0 Å². The summed E-state index contributed by atoms with van der Waals surface area (Å²) in [5.74, 6) is 1.23. The molecule has 0 saturated heterocycles. The summed E-state index contributed by atoms with van der Waals surface area (Å²) in [6, 6.07) is 7.21. The number of rotatable bonds is 7. The highest BCUT2D eigenvalue weighted by Crippen LogP contribution is 2.33. The van der Waals surface area contributed by atoms with Gasteiger partial charge < -0.3 is 24.9 Å². The van der Waals surface area contributed by atoms with Gasteiger partial charge in [0.05, 0.1) is 6.20 Å². The zero-order valence-electron chi connectivity index (χ0n) is 17.9. The highest BCUT2D eigenvalue weighted by atomic mass is 16.6. The van der Waals surface area contributed by atoms with E-state index in [1.807, 2.05) is 32.0 Å². The molecular weight excluding hydrogens is 398 g/mol. The summed E-state index contributed by atoms with van der Waals surface area (Å²) in [4.78, 5) is 19.2. The number of fused-ring (bicyclic) bond motifs is 2. The minimum Gasteiger partial charge on any atom is -0.488 e. The number of benzene rings is 1. The average molecular weight is 423 g/mol. The molecule has 9 nitrogen and oxygen atoms in total. The Morgan fingerprint density at radius 3 is 2.84 bits per heavy atom. The molecule has 0 fully saturated rings. The molecule has 0 unspecified atom stereocenters. The van der Waals surface area contributed by atoms with Crippen LogP contribution in [-0.2, 0) is 9.53 Å². The number of nitrogens with one attached hydrogen (secondary N) is 1. The van der Waals surface area contributed by atoms with E-state index in [0.717, 1.165) is 22.2 Å². The molecular formula is C22H25N5O4. The van der Waals surface area contributed by atoms with Gasteiger partial charge in [-0.05, 0) is 52.0 Å².